The third-order valence-electron chi connectivity index (χ3n) is 22.4. The number of benzene rings is 6. The molecule has 12 unspecified atom stereocenters. The summed E-state index contributed by atoms with van der Waals surface area (Å²) in [7, 11) is 1.76. The number of hydrogen-bond donors (Lipinski definition) is 10. The predicted molar refractivity (Wildman–Crippen MR) is 462 cm³/mol. The van der Waals surface area contributed by atoms with Crippen LogP contribution in [0.2, 0.25) is 0 Å². The second kappa shape index (κ2) is 40.8. The van der Waals surface area contributed by atoms with Crippen molar-refractivity contribution in [2.24, 2.45) is 0 Å². The SMILES string of the molecule is CCNC(=O)Nc1ncnc2c1ncn2C1OC(CN(C)Cc2c(F)cccc2C(=O)O)C2O[C@H](c3ccccc3)OC21.CCNC(=O)Nc1ncnc2c1ncn2C1OC(CN(Cc2c(F)cccc2C(=O)O)C(C)=O)C2O[C@H](c3ccccc3)OC21.CCNC(=O)Nc1ncnc2c1ncn2C1OC(CNCc2c(F)cccc2C(=O)O)C2O[C@H](/C=C/c3ccccc3)OC21. The first-order chi connectivity index (χ1) is 64.0. The number of likely N-dealkylation sites (N-methyl/N-ethyl adjacent to an activating group) is 1. The number of fused-ring (bicyclic) bond motifs is 6. The Labute approximate surface area is 749 Å². The first-order valence-electron chi connectivity index (χ1n) is 42.1. The normalized spacial score (nSPS) is 22.7. The van der Waals surface area contributed by atoms with Crippen molar-refractivity contribution in [1.29, 1.82) is 0 Å². The predicted octanol–water partition coefficient (Wildman–Crippen LogP) is 9.87. The monoisotopic (exact) mass is 1810 g/mol. The van der Waals surface area contributed by atoms with Gasteiger partial charge in [-0.2, -0.15) is 0 Å². The number of carboxylic acids is 3. The lowest BCUT2D eigenvalue weighted by Gasteiger charge is -2.28. The summed E-state index contributed by atoms with van der Waals surface area (Å²) < 4.78 is 107. The van der Waals surface area contributed by atoms with Crippen LogP contribution in [0.5, 0.6) is 0 Å². The van der Waals surface area contributed by atoms with Crippen LogP contribution in [0.4, 0.5) is 45.0 Å². The Bertz CT molecular complexity index is 6230. The Balaban J connectivity index is 0.000000144. The van der Waals surface area contributed by atoms with Gasteiger partial charge in [-0.3, -0.25) is 39.3 Å². The fourth-order valence-corrected chi connectivity index (χ4v) is 16.3. The van der Waals surface area contributed by atoms with E-state index in [1.54, 1.807) is 52.7 Å². The lowest BCUT2D eigenvalue weighted by molar-refractivity contribution is -0.154. The average Bonchev–Trinajstić information content (AvgIpc) is 1.59. The molecule has 18 rings (SSSR count). The molecular formula is C89H90F3N21O19. The van der Waals surface area contributed by atoms with Gasteiger partial charge in [-0.1, -0.05) is 115 Å². The summed E-state index contributed by atoms with van der Waals surface area (Å²) in [5.41, 5.74) is 4.38. The molecule has 0 saturated carbocycles. The molecule has 7 amide bonds. The summed E-state index contributed by atoms with van der Waals surface area (Å²) in [5, 5.41) is 47.8. The van der Waals surface area contributed by atoms with E-state index in [-0.39, 0.29) is 90.1 Å². The van der Waals surface area contributed by atoms with Gasteiger partial charge in [-0.05, 0) is 75.9 Å². The minimum Gasteiger partial charge on any atom is -0.478 e. The number of aromatic carboxylic acids is 3. The number of rotatable bonds is 28. The van der Waals surface area contributed by atoms with Gasteiger partial charge in [0, 0.05) is 93.6 Å². The molecule has 10 N–H and O–H groups in total. The van der Waals surface area contributed by atoms with Gasteiger partial charge in [0.25, 0.3) is 0 Å². The molecule has 0 bridgehead atoms. The number of carbonyl (C=O) groups excluding carboxylic acids is 4. The number of halogens is 3. The molecule has 12 aromatic rings. The molecule has 40 nitrogen and oxygen atoms in total. The molecule has 132 heavy (non-hydrogen) atoms. The number of nitrogens with one attached hydrogen (secondary N) is 7. The van der Waals surface area contributed by atoms with Crippen LogP contribution >= 0.6 is 0 Å². The number of aromatic nitrogens is 12. The fourth-order valence-electron chi connectivity index (χ4n) is 16.3. The minimum atomic E-state index is -1.31. The summed E-state index contributed by atoms with van der Waals surface area (Å²) in [6, 6.07) is 38.9. The molecule has 6 saturated heterocycles. The number of nitrogens with zero attached hydrogens (tertiary/aromatic N) is 14. The van der Waals surface area contributed by atoms with Gasteiger partial charge in [-0.15, -0.1) is 0 Å². The average molecular weight is 1810 g/mol. The Morgan fingerprint density at radius 3 is 1.22 bits per heavy atom. The molecule has 6 aromatic carbocycles. The van der Waals surface area contributed by atoms with Crippen molar-refractivity contribution in [3.8, 4) is 0 Å². The Morgan fingerprint density at radius 2 is 0.795 bits per heavy atom. The summed E-state index contributed by atoms with van der Waals surface area (Å²) in [6.07, 6.45) is 2.43. The minimum absolute atomic E-state index is 0.0370. The second-order valence-corrected chi connectivity index (χ2v) is 31.0. The lowest BCUT2D eigenvalue weighted by atomic mass is 10.1. The van der Waals surface area contributed by atoms with Gasteiger partial charge < -0.3 is 84.1 Å². The maximum atomic E-state index is 14.8. The molecular weight excluding hydrogens is 1720 g/mol. The van der Waals surface area contributed by atoms with Crippen molar-refractivity contribution in [1.82, 2.24) is 89.6 Å². The van der Waals surface area contributed by atoms with E-state index in [1.807, 2.05) is 103 Å². The van der Waals surface area contributed by atoms with Crippen molar-refractivity contribution >= 4 is 98.9 Å². The smallest absolute Gasteiger partial charge is 0.336 e. The number of carboxylic acid groups (broad SMARTS) is 3. The zero-order valence-corrected chi connectivity index (χ0v) is 71.3. The van der Waals surface area contributed by atoms with Crippen LogP contribution in [-0.2, 0) is 67.1 Å². The number of imidazole rings is 3. The van der Waals surface area contributed by atoms with Gasteiger partial charge in [0.1, 0.15) is 91.4 Å². The van der Waals surface area contributed by atoms with E-state index in [9.17, 15) is 62.1 Å². The Morgan fingerprint density at radius 1 is 0.424 bits per heavy atom. The number of ether oxygens (including phenoxy) is 9. The highest BCUT2D eigenvalue weighted by Crippen LogP contribution is 2.48. The highest BCUT2D eigenvalue weighted by atomic mass is 19.1. The topological polar surface area (TPSA) is 485 Å². The van der Waals surface area contributed by atoms with Crippen LogP contribution in [0.1, 0.15) is 123 Å². The van der Waals surface area contributed by atoms with Gasteiger partial charge in [-0.25, -0.2) is 86.8 Å². The van der Waals surface area contributed by atoms with E-state index in [4.69, 9.17) is 42.6 Å². The number of urea groups is 3. The van der Waals surface area contributed by atoms with E-state index in [0.717, 1.165) is 22.8 Å². The Hall–Kier alpha value is -14.3. The number of hydrogen-bond acceptors (Lipinski definition) is 27. The molecule has 6 aliphatic heterocycles. The summed E-state index contributed by atoms with van der Waals surface area (Å²) in [5.74, 6) is -5.42. The van der Waals surface area contributed by atoms with Crippen molar-refractivity contribution in [2.75, 3.05) is 62.3 Å². The third-order valence-corrected chi connectivity index (χ3v) is 22.4. The quantitative estimate of drug-likeness (QED) is 0.0218. The zero-order valence-electron chi connectivity index (χ0n) is 71.3. The molecule has 0 aliphatic carbocycles. The van der Waals surface area contributed by atoms with Crippen molar-refractivity contribution in [3.05, 3.63) is 257 Å². The molecule has 43 heteroatoms. The fraction of sp³-hybridized carbons (Fsp3) is 0.326. The molecule has 686 valence electrons. The van der Waals surface area contributed by atoms with E-state index < -0.39 is 152 Å². The molecule has 6 fully saturated rings. The van der Waals surface area contributed by atoms with Gasteiger partial charge in [0.05, 0.1) is 35.7 Å². The van der Waals surface area contributed by atoms with Crippen molar-refractivity contribution in [3.63, 3.8) is 0 Å². The lowest BCUT2D eigenvalue weighted by Crippen LogP contribution is -2.41. The van der Waals surface area contributed by atoms with E-state index >= 15 is 0 Å². The van der Waals surface area contributed by atoms with Crippen LogP contribution in [0.3, 0.4) is 0 Å². The molecule has 0 radical (unpaired) electrons. The maximum Gasteiger partial charge on any atom is 0.336 e. The van der Waals surface area contributed by atoms with Crippen molar-refractivity contribution in [2.45, 2.75) is 140 Å². The standard InChI is InChI=1S/C30H30FN7O7.C30H30FN7O6.C29H30FN7O6/c1-3-32-30(42)36-25-22-26(34-14-33-25)38(15-35-22)27-24-23(44-29(45-24)17-8-5-4-6-9-17)21(43-27)13-37(16(2)39)12-19-18(28(40)41)10-7-11-20(19)31;1-2-33-30(41)37-26-23-27(35-15-34-26)38(16-36-23)28-25-24(43-22(44-25)12-11-17-7-4-3-5-8-17)21(42-28)14-32-13-19-18(29(39)40)9-6-10-20(19)31;1-3-31-29(40)35-24-21-25(33-14-32-24)37(15-34-21)26-23-22(42-28(43-23)16-8-5-4-6-9-16)20(41-26)13-36(2)12-18-17(27(38)39)10-7-11-19(18)30/h4-11,14-15,21,23-24,27,29H,3,12-13H2,1-2H3,(H,40,41)(H2,32,33,34,36,42);3-12,15-16,21-22,24-25,28,32H,2,13-14H2,1H3,(H,39,40)(H2,33,34,35,37,41);4-11,14-15,20,22-23,26,28H,3,12-13H2,1-2H3,(H,38,39)(H2,31,32,33,35,40)/b;12-11+;/t21?,23?,24?,27?,29-;21?,22-,24?,25?,28?;20?,22?,23?,26?,28-/m000/s1. The molecule has 6 aromatic heterocycles. The number of carbonyl (C=O) groups is 7. The largest absolute Gasteiger partial charge is 0.478 e. The second-order valence-electron chi connectivity index (χ2n) is 31.0. The van der Waals surface area contributed by atoms with E-state index in [0.29, 0.717) is 53.1 Å². The van der Waals surface area contributed by atoms with Crippen molar-refractivity contribution < 1.29 is 105 Å². The first kappa shape index (κ1) is 91.1. The maximum absolute atomic E-state index is 14.8. The summed E-state index contributed by atoms with van der Waals surface area (Å²) in [6.45, 7) is 8.13. The van der Waals surface area contributed by atoms with Crippen LogP contribution < -0.4 is 37.2 Å². The summed E-state index contributed by atoms with van der Waals surface area (Å²) >= 11 is 0. The molecule has 15 atom stereocenters. The van der Waals surface area contributed by atoms with Crippen LogP contribution in [0, 0.1) is 17.5 Å². The summed E-state index contributed by atoms with van der Waals surface area (Å²) in [4.78, 5) is 127. The van der Waals surface area contributed by atoms with Gasteiger partial charge >= 0.3 is 36.0 Å². The van der Waals surface area contributed by atoms with Crippen LogP contribution in [0.15, 0.2) is 190 Å². The molecule has 0 spiro atoms. The number of anilines is 3. The Kier molecular flexibility index (Phi) is 28.2. The zero-order chi connectivity index (χ0) is 92.4. The molecule has 12 heterocycles. The molecule has 6 aliphatic rings. The van der Waals surface area contributed by atoms with Crippen LogP contribution in [0.25, 0.3) is 39.6 Å². The van der Waals surface area contributed by atoms with E-state index in [2.05, 4.69) is 82.1 Å². The highest BCUT2D eigenvalue weighted by molar-refractivity contribution is 5.98. The highest BCUT2D eigenvalue weighted by Gasteiger charge is 2.57. The number of amides is 7. The third kappa shape index (κ3) is 19.9. The van der Waals surface area contributed by atoms with Gasteiger partial charge in [0.2, 0.25) is 5.91 Å². The van der Waals surface area contributed by atoms with E-state index in [1.165, 1.54) is 92.0 Å². The van der Waals surface area contributed by atoms with Gasteiger partial charge in [0.15, 0.2) is 88.5 Å². The first-order valence-corrected chi connectivity index (χ1v) is 42.1. The van der Waals surface area contributed by atoms with Crippen LogP contribution in [-0.4, -0.2) is 233 Å².